The lowest BCUT2D eigenvalue weighted by atomic mass is 10.2. The summed E-state index contributed by atoms with van der Waals surface area (Å²) in [6, 6.07) is 10.8. The third kappa shape index (κ3) is 4.40. The lowest BCUT2D eigenvalue weighted by Gasteiger charge is -2.10. The Morgan fingerprint density at radius 3 is 2.59 bits per heavy atom. The van der Waals surface area contributed by atoms with Gasteiger partial charge in [0.25, 0.3) is 0 Å². The Kier molecular flexibility index (Phi) is 5.68. The molecule has 2 N–H and O–H groups in total. The van der Waals surface area contributed by atoms with Gasteiger partial charge in [0.2, 0.25) is 0 Å². The number of rotatable bonds is 4. The van der Waals surface area contributed by atoms with E-state index >= 15 is 0 Å². The first-order valence-corrected chi connectivity index (χ1v) is 8.91. The number of nitrogens with one attached hydrogen (secondary N) is 2. The van der Waals surface area contributed by atoms with Crippen LogP contribution in [0, 0.1) is 19.7 Å². The quantitative estimate of drug-likeness (QED) is 0.588. The maximum Gasteiger partial charge on any atom is 0.323 e. The van der Waals surface area contributed by atoms with Gasteiger partial charge in [-0.05, 0) is 38.1 Å². The standard InChI is InChI=1S/C19H17Cl2FN4O/c1-11-18(24-19(27)23-17-8-7-14(20)9-15(17)21)12(2)26(25-11)10-13-5-3-4-6-16(13)22/h3-9H,10H2,1-2H3,(H2,23,24,27). The van der Waals surface area contributed by atoms with Gasteiger partial charge in [0.15, 0.2) is 0 Å². The van der Waals surface area contributed by atoms with E-state index in [4.69, 9.17) is 23.2 Å². The highest BCUT2D eigenvalue weighted by atomic mass is 35.5. The molecule has 27 heavy (non-hydrogen) atoms. The molecule has 0 fully saturated rings. The zero-order valence-electron chi connectivity index (χ0n) is 14.7. The smallest absolute Gasteiger partial charge is 0.306 e. The van der Waals surface area contributed by atoms with E-state index in [9.17, 15) is 9.18 Å². The summed E-state index contributed by atoms with van der Waals surface area (Å²) in [7, 11) is 0. The van der Waals surface area contributed by atoms with Crippen molar-refractivity contribution in [2.75, 3.05) is 10.6 Å². The molecule has 2 amide bonds. The predicted molar refractivity (Wildman–Crippen MR) is 106 cm³/mol. The summed E-state index contributed by atoms with van der Waals surface area (Å²) in [6.07, 6.45) is 0. The Hall–Kier alpha value is -2.57. The van der Waals surface area contributed by atoms with Gasteiger partial charge in [-0.25, -0.2) is 9.18 Å². The van der Waals surface area contributed by atoms with E-state index in [2.05, 4.69) is 15.7 Å². The van der Waals surface area contributed by atoms with Crippen LogP contribution in [0.25, 0.3) is 0 Å². The van der Waals surface area contributed by atoms with Gasteiger partial charge in [-0.3, -0.25) is 4.68 Å². The van der Waals surface area contributed by atoms with E-state index in [0.717, 1.165) is 0 Å². The Morgan fingerprint density at radius 1 is 1.15 bits per heavy atom. The summed E-state index contributed by atoms with van der Waals surface area (Å²) in [5.41, 5.74) is 2.86. The van der Waals surface area contributed by atoms with Crippen molar-refractivity contribution in [3.63, 3.8) is 0 Å². The van der Waals surface area contributed by atoms with E-state index in [1.807, 2.05) is 6.92 Å². The Morgan fingerprint density at radius 2 is 1.89 bits per heavy atom. The molecule has 8 heteroatoms. The topological polar surface area (TPSA) is 59.0 Å². The maximum atomic E-state index is 13.9. The zero-order valence-corrected chi connectivity index (χ0v) is 16.2. The number of benzene rings is 2. The summed E-state index contributed by atoms with van der Waals surface area (Å²) in [5.74, 6) is -0.297. The second-order valence-electron chi connectivity index (χ2n) is 6.00. The number of anilines is 2. The van der Waals surface area contributed by atoms with Crippen molar-refractivity contribution in [3.8, 4) is 0 Å². The normalized spacial score (nSPS) is 10.7. The summed E-state index contributed by atoms with van der Waals surface area (Å²) in [4.78, 5) is 12.3. The molecule has 0 unspecified atom stereocenters. The van der Waals surface area contributed by atoms with Gasteiger partial charge in [0, 0.05) is 10.6 Å². The number of hydrogen-bond acceptors (Lipinski definition) is 2. The molecule has 3 aromatic rings. The highest BCUT2D eigenvalue weighted by Gasteiger charge is 2.16. The SMILES string of the molecule is Cc1nn(Cc2ccccc2F)c(C)c1NC(=O)Nc1ccc(Cl)cc1Cl. The number of carbonyl (C=O) groups is 1. The van der Waals surface area contributed by atoms with Gasteiger partial charge in [-0.2, -0.15) is 5.10 Å². The highest BCUT2D eigenvalue weighted by Crippen LogP contribution is 2.26. The number of nitrogens with zero attached hydrogens (tertiary/aromatic N) is 2. The Bertz CT molecular complexity index is 1000. The summed E-state index contributed by atoms with van der Waals surface area (Å²) in [6.45, 7) is 3.85. The molecule has 0 bridgehead atoms. The van der Waals surface area contributed by atoms with E-state index in [0.29, 0.717) is 38.4 Å². The molecule has 0 spiro atoms. The van der Waals surface area contributed by atoms with Crippen LogP contribution in [0.2, 0.25) is 10.0 Å². The van der Waals surface area contributed by atoms with Crippen molar-refractivity contribution >= 4 is 40.6 Å². The van der Waals surface area contributed by atoms with E-state index in [-0.39, 0.29) is 12.4 Å². The fraction of sp³-hybridized carbons (Fsp3) is 0.158. The number of urea groups is 1. The molecule has 0 aliphatic carbocycles. The van der Waals surface area contributed by atoms with Crippen LogP contribution >= 0.6 is 23.2 Å². The second kappa shape index (κ2) is 7.98. The number of halogens is 3. The Labute approximate surface area is 166 Å². The van der Waals surface area contributed by atoms with Gasteiger partial charge < -0.3 is 10.6 Å². The maximum absolute atomic E-state index is 13.9. The number of amides is 2. The minimum atomic E-state index is -0.462. The first-order valence-electron chi connectivity index (χ1n) is 8.15. The largest absolute Gasteiger partial charge is 0.323 e. The summed E-state index contributed by atoms with van der Waals surface area (Å²) in [5, 5.41) is 10.7. The Balaban J connectivity index is 1.76. The van der Waals surface area contributed by atoms with Crippen molar-refractivity contribution in [2.24, 2.45) is 0 Å². The summed E-state index contributed by atoms with van der Waals surface area (Å²) < 4.78 is 15.5. The van der Waals surface area contributed by atoms with Gasteiger partial charge in [0.1, 0.15) is 5.82 Å². The van der Waals surface area contributed by atoms with Crippen LogP contribution in [0.4, 0.5) is 20.6 Å². The molecular formula is C19H17Cl2FN4O. The van der Waals surface area contributed by atoms with E-state index < -0.39 is 6.03 Å². The third-order valence-corrected chi connectivity index (χ3v) is 4.63. The molecule has 2 aromatic carbocycles. The molecule has 3 rings (SSSR count). The minimum absolute atomic E-state index is 0.270. The third-order valence-electron chi connectivity index (χ3n) is 4.08. The van der Waals surface area contributed by atoms with Crippen molar-refractivity contribution in [3.05, 3.63) is 75.3 Å². The average molecular weight is 407 g/mol. The van der Waals surface area contributed by atoms with Gasteiger partial charge >= 0.3 is 6.03 Å². The number of aromatic nitrogens is 2. The number of carbonyl (C=O) groups excluding carboxylic acids is 1. The summed E-state index contributed by atoms with van der Waals surface area (Å²) >= 11 is 11.9. The van der Waals surface area contributed by atoms with Crippen molar-refractivity contribution in [1.29, 1.82) is 0 Å². The molecule has 140 valence electrons. The predicted octanol–water partition coefficient (Wildman–Crippen LogP) is 5.64. The van der Waals surface area contributed by atoms with Gasteiger partial charge in [0.05, 0.1) is 34.3 Å². The van der Waals surface area contributed by atoms with Gasteiger partial charge in [-0.15, -0.1) is 0 Å². The lowest BCUT2D eigenvalue weighted by molar-refractivity contribution is 0.262. The molecule has 1 heterocycles. The first-order chi connectivity index (χ1) is 12.8. The second-order valence-corrected chi connectivity index (χ2v) is 6.84. The van der Waals surface area contributed by atoms with Crippen molar-refractivity contribution in [1.82, 2.24) is 9.78 Å². The van der Waals surface area contributed by atoms with Crippen molar-refractivity contribution in [2.45, 2.75) is 20.4 Å². The first kappa shape index (κ1) is 19.2. The molecule has 0 saturated carbocycles. The molecular weight excluding hydrogens is 390 g/mol. The van der Waals surface area contributed by atoms with Crippen LogP contribution < -0.4 is 10.6 Å². The van der Waals surface area contributed by atoms with Crippen molar-refractivity contribution < 1.29 is 9.18 Å². The van der Waals surface area contributed by atoms with E-state index in [1.54, 1.807) is 48.0 Å². The number of aryl methyl sites for hydroxylation is 1. The van der Waals surface area contributed by atoms with Gasteiger partial charge in [-0.1, -0.05) is 41.4 Å². The van der Waals surface area contributed by atoms with Crippen LogP contribution in [-0.2, 0) is 6.54 Å². The monoisotopic (exact) mass is 406 g/mol. The minimum Gasteiger partial charge on any atom is -0.306 e. The molecule has 0 saturated heterocycles. The molecule has 0 aliphatic heterocycles. The van der Waals surface area contributed by atoms with Crippen LogP contribution in [0.3, 0.4) is 0 Å². The molecule has 0 atom stereocenters. The van der Waals surface area contributed by atoms with E-state index in [1.165, 1.54) is 6.07 Å². The van der Waals surface area contributed by atoms with Crippen LogP contribution in [-0.4, -0.2) is 15.8 Å². The molecule has 0 aliphatic rings. The van der Waals surface area contributed by atoms with Crippen LogP contribution in [0.1, 0.15) is 17.0 Å². The fourth-order valence-electron chi connectivity index (χ4n) is 2.68. The molecule has 5 nitrogen and oxygen atoms in total. The zero-order chi connectivity index (χ0) is 19.6. The molecule has 0 radical (unpaired) electrons. The number of hydrogen-bond donors (Lipinski definition) is 2. The average Bonchev–Trinajstić information content (AvgIpc) is 2.87. The van der Waals surface area contributed by atoms with Crippen LogP contribution in [0.5, 0.6) is 0 Å². The highest BCUT2D eigenvalue weighted by molar-refractivity contribution is 6.36. The molecule has 1 aromatic heterocycles. The van der Waals surface area contributed by atoms with Crippen LogP contribution in [0.15, 0.2) is 42.5 Å². The lowest BCUT2D eigenvalue weighted by Crippen LogP contribution is -2.20. The fourth-order valence-corrected chi connectivity index (χ4v) is 3.13.